The summed E-state index contributed by atoms with van der Waals surface area (Å²) in [5.74, 6) is 1.55. The Morgan fingerprint density at radius 1 is 1.19 bits per heavy atom. The van der Waals surface area contributed by atoms with Gasteiger partial charge in [-0.15, -0.1) is 0 Å². The maximum absolute atomic E-state index is 6.29. The summed E-state index contributed by atoms with van der Waals surface area (Å²) >= 11 is 0. The number of nitrogens with zero attached hydrogens (tertiary/aromatic N) is 2. The topological polar surface area (TPSA) is 41.7 Å². The lowest BCUT2D eigenvalue weighted by Crippen LogP contribution is -2.47. The minimum absolute atomic E-state index is 0.718. The van der Waals surface area contributed by atoms with Gasteiger partial charge in [0.1, 0.15) is 5.75 Å². The molecule has 0 atom stereocenters. The average molecular weight is 291 g/mol. The van der Waals surface area contributed by atoms with Crippen LogP contribution in [-0.4, -0.2) is 44.2 Å². The van der Waals surface area contributed by atoms with Crippen molar-refractivity contribution in [3.63, 3.8) is 0 Å². The van der Waals surface area contributed by atoms with Crippen molar-refractivity contribution >= 4 is 11.4 Å². The maximum atomic E-state index is 6.29. The van der Waals surface area contributed by atoms with Gasteiger partial charge < -0.3 is 15.4 Å². The molecule has 0 aromatic heterocycles. The minimum atomic E-state index is 0.718. The molecule has 2 N–H and O–H groups in total. The van der Waals surface area contributed by atoms with E-state index in [9.17, 15) is 0 Å². The number of nitrogen functional groups attached to an aromatic ring is 1. The van der Waals surface area contributed by atoms with E-state index in [1.165, 1.54) is 6.54 Å². The highest BCUT2D eigenvalue weighted by Crippen LogP contribution is 2.32. The monoisotopic (exact) mass is 291 g/mol. The normalized spacial score (nSPS) is 16.5. The molecule has 0 aliphatic carbocycles. The molecule has 0 saturated carbocycles. The van der Waals surface area contributed by atoms with Crippen molar-refractivity contribution in [2.45, 2.75) is 27.2 Å². The Bertz CT molecular complexity index is 440. The summed E-state index contributed by atoms with van der Waals surface area (Å²) in [7, 11) is 0. The lowest BCUT2D eigenvalue weighted by atomic mass is 10.1. The van der Waals surface area contributed by atoms with Crippen LogP contribution in [0.2, 0.25) is 0 Å². The Morgan fingerprint density at radius 3 is 2.52 bits per heavy atom. The Labute approximate surface area is 128 Å². The molecule has 0 amide bonds. The SMILES string of the molecule is CCCOc1cccc(N2CCN(CC(C)C)CC2)c1N. The number of hydrogen-bond acceptors (Lipinski definition) is 4. The molecule has 1 fully saturated rings. The fourth-order valence-electron chi connectivity index (χ4n) is 2.83. The average Bonchev–Trinajstić information content (AvgIpc) is 2.47. The highest BCUT2D eigenvalue weighted by molar-refractivity contribution is 5.74. The van der Waals surface area contributed by atoms with Gasteiger partial charge in [0.2, 0.25) is 0 Å². The van der Waals surface area contributed by atoms with Crippen molar-refractivity contribution in [1.29, 1.82) is 0 Å². The fraction of sp³-hybridized carbons (Fsp3) is 0.647. The molecule has 0 spiro atoms. The van der Waals surface area contributed by atoms with Gasteiger partial charge in [-0.2, -0.15) is 0 Å². The molecule has 1 saturated heterocycles. The largest absolute Gasteiger partial charge is 0.491 e. The van der Waals surface area contributed by atoms with E-state index >= 15 is 0 Å². The van der Waals surface area contributed by atoms with Gasteiger partial charge in [-0.1, -0.05) is 26.8 Å². The Hall–Kier alpha value is -1.42. The second kappa shape index (κ2) is 7.55. The van der Waals surface area contributed by atoms with E-state index in [0.717, 1.165) is 62.2 Å². The second-order valence-electron chi connectivity index (χ2n) is 6.22. The number of rotatable bonds is 6. The zero-order chi connectivity index (χ0) is 15.2. The van der Waals surface area contributed by atoms with Crippen molar-refractivity contribution in [3.05, 3.63) is 18.2 Å². The zero-order valence-electron chi connectivity index (χ0n) is 13.6. The van der Waals surface area contributed by atoms with Gasteiger partial charge in [0, 0.05) is 32.7 Å². The number of ether oxygens (including phenoxy) is 1. The van der Waals surface area contributed by atoms with Crippen LogP contribution in [0.1, 0.15) is 27.2 Å². The molecule has 0 radical (unpaired) electrons. The van der Waals surface area contributed by atoms with Gasteiger partial charge in [-0.25, -0.2) is 0 Å². The molecule has 1 aliphatic heterocycles. The molecule has 2 rings (SSSR count). The summed E-state index contributed by atoms with van der Waals surface area (Å²) < 4.78 is 5.73. The van der Waals surface area contributed by atoms with Crippen LogP contribution in [0.3, 0.4) is 0 Å². The van der Waals surface area contributed by atoms with Gasteiger partial charge in [0.25, 0.3) is 0 Å². The predicted octanol–water partition coefficient (Wildman–Crippen LogP) is 2.84. The molecule has 21 heavy (non-hydrogen) atoms. The molecule has 0 bridgehead atoms. The number of nitrogens with two attached hydrogens (primary N) is 1. The third-order valence-electron chi connectivity index (χ3n) is 3.84. The van der Waals surface area contributed by atoms with Gasteiger partial charge in [0.05, 0.1) is 18.0 Å². The van der Waals surface area contributed by atoms with Crippen molar-refractivity contribution in [3.8, 4) is 5.75 Å². The zero-order valence-corrected chi connectivity index (χ0v) is 13.6. The lowest BCUT2D eigenvalue weighted by molar-refractivity contribution is 0.231. The van der Waals surface area contributed by atoms with Crippen LogP contribution in [0.5, 0.6) is 5.75 Å². The quantitative estimate of drug-likeness (QED) is 0.818. The highest BCUT2D eigenvalue weighted by atomic mass is 16.5. The molecule has 118 valence electrons. The van der Waals surface area contributed by atoms with E-state index in [1.54, 1.807) is 0 Å². The van der Waals surface area contributed by atoms with Gasteiger partial charge in [0.15, 0.2) is 0 Å². The molecule has 4 nitrogen and oxygen atoms in total. The first-order valence-electron chi connectivity index (χ1n) is 8.10. The molecular formula is C17H29N3O. The van der Waals surface area contributed by atoms with E-state index < -0.39 is 0 Å². The van der Waals surface area contributed by atoms with Crippen LogP contribution >= 0.6 is 0 Å². The number of anilines is 2. The first-order chi connectivity index (χ1) is 10.1. The first-order valence-corrected chi connectivity index (χ1v) is 8.10. The van der Waals surface area contributed by atoms with Crippen LogP contribution in [-0.2, 0) is 0 Å². The number of para-hydroxylation sites is 1. The standard InChI is InChI=1S/C17H29N3O/c1-4-12-21-16-7-5-6-15(17(16)18)20-10-8-19(9-11-20)13-14(2)3/h5-7,14H,4,8-13,18H2,1-3H3. The number of benzene rings is 1. The molecule has 1 heterocycles. The first kappa shape index (κ1) is 16.0. The van der Waals surface area contributed by atoms with Crippen molar-refractivity contribution in [2.24, 2.45) is 5.92 Å². The summed E-state index contributed by atoms with van der Waals surface area (Å²) in [6.07, 6.45) is 0.998. The smallest absolute Gasteiger partial charge is 0.144 e. The van der Waals surface area contributed by atoms with Crippen LogP contribution in [0, 0.1) is 5.92 Å². The third-order valence-corrected chi connectivity index (χ3v) is 3.84. The number of hydrogen-bond donors (Lipinski definition) is 1. The van der Waals surface area contributed by atoms with Gasteiger partial charge >= 0.3 is 0 Å². The van der Waals surface area contributed by atoms with E-state index in [-0.39, 0.29) is 0 Å². The minimum Gasteiger partial charge on any atom is -0.491 e. The summed E-state index contributed by atoms with van der Waals surface area (Å²) in [5, 5.41) is 0. The summed E-state index contributed by atoms with van der Waals surface area (Å²) in [6.45, 7) is 12.8. The molecule has 1 aliphatic rings. The summed E-state index contributed by atoms with van der Waals surface area (Å²) in [5.41, 5.74) is 8.19. The van der Waals surface area contributed by atoms with Gasteiger partial charge in [-0.05, 0) is 24.5 Å². The van der Waals surface area contributed by atoms with Crippen LogP contribution < -0.4 is 15.4 Å². The van der Waals surface area contributed by atoms with Crippen molar-refractivity contribution in [2.75, 3.05) is 50.0 Å². The summed E-state index contributed by atoms with van der Waals surface area (Å²) in [4.78, 5) is 4.92. The van der Waals surface area contributed by atoms with E-state index in [2.05, 4.69) is 36.6 Å². The van der Waals surface area contributed by atoms with Gasteiger partial charge in [-0.3, -0.25) is 4.90 Å². The molecule has 0 unspecified atom stereocenters. The Kier molecular flexibility index (Phi) is 5.74. The molecular weight excluding hydrogens is 262 g/mol. The van der Waals surface area contributed by atoms with Crippen LogP contribution in [0.15, 0.2) is 18.2 Å². The highest BCUT2D eigenvalue weighted by Gasteiger charge is 2.20. The van der Waals surface area contributed by atoms with Crippen LogP contribution in [0.4, 0.5) is 11.4 Å². The Balaban J connectivity index is 2.00. The van der Waals surface area contributed by atoms with E-state index in [4.69, 9.17) is 10.5 Å². The number of piperazine rings is 1. The van der Waals surface area contributed by atoms with Crippen LogP contribution in [0.25, 0.3) is 0 Å². The molecule has 1 aromatic carbocycles. The predicted molar refractivity (Wildman–Crippen MR) is 90.1 cm³/mol. The maximum Gasteiger partial charge on any atom is 0.144 e. The van der Waals surface area contributed by atoms with Crippen molar-refractivity contribution < 1.29 is 4.74 Å². The second-order valence-corrected chi connectivity index (χ2v) is 6.22. The van der Waals surface area contributed by atoms with Crippen molar-refractivity contribution in [1.82, 2.24) is 4.90 Å². The fourth-order valence-corrected chi connectivity index (χ4v) is 2.83. The Morgan fingerprint density at radius 2 is 1.90 bits per heavy atom. The summed E-state index contributed by atoms with van der Waals surface area (Å²) in [6, 6.07) is 6.10. The molecule has 1 aromatic rings. The van der Waals surface area contributed by atoms with E-state index in [0.29, 0.717) is 0 Å². The molecule has 4 heteroatoms. The third kappa shape index (κ3) is 4.27. The van der Waals surface area contributed by atoms with E-state index in [1.807, 2.05) is 12.1 Å². The lowest BCUT2D eigenvalue weighted by Gasteiger charge is -2.37.